The fourth-order valence-corrected chi connectivity index (χ4v) is 1.63. The van der Waals surface area contributed by atoms with Gasteiger partial charge in [0, 0.05) is 16.8 Å². The highest BCUT2D eigenvalue weighted by Gasteiger charge is 2.15. The van der Waals surface area contributed by atoms with E-state index in [2.05, 4.69) is 0 Å². The Bertz CT molecular complexity index is 591. The molecule has 0 unspecified atom stereocenters. The van der Waals surface area contributed by atoms with Gasteiger partial charge in [0.25, 0.3) is 0 Å². The third-order valence-corrected chi connectivity index (χ3v) is 2.59. The Labute approximate surface area is 135 Å². The van der Waals surface area contributed by atoms with Gasteiger partial charge in [0.2, 0.25) is 0 Å². The summed E-state index contributed by atoms with van der Waals surface area (Å²) in [7, 11) is 0. The molecular formula is C13H16Cl3N3O. The number of hydrogen-bond acceptors (Lipinski definition) is 4. The van der Waals surface area contributed by atoms with E-state index in [0.29, 0.717) is 28.2 Å². The number of benzene rings is 2. The van der Waals surface area contributed by atoms with E-state index in [1.807, 2.05) is 0 Å². The lowest BCUT2D eigenvalue weighted by Crippen LogP contribution is -2.09. The summed E-state index contributed by atoms with van der Waals surface area (Å²) in [4.78, 5) is 12.2. The van der Waals surface area contributed by atoms with Crippen LogP contribution in [0.25, 0.3) is 0 Å². The van der Waals surface area contributed by atoms with Crippen LogP contribution in [0.4, 0.5) is 17.1 Å². The molecule has 20 heavy (non-hydrogen) atoms. The van der Waals surface area contributed by atoms with Gasteiger partial charge in [0.15, 0.2) is 5.78 Å². The molecule has 0 saturated heterocycles. The van der Waals surface area contributed by atoms with Crippen molar-refractivity contribution in [3.8, 4) is 0 Å². The first-order valence-electron chi connectivity index (χ1n) is 5.14. The number of hydrogen-bond donors (Lipinski definition) is 3. The third-order valence-electron chi connectivity index (χ3n) is 2.59. The molecule has 6 N–H and O–H groups in total. The molecule has 0 saturated carbocycles. The average Bonchev–Trinajstić information content (AvgIpc) is 2.32. The number of halogens is 3. The van der Waals surface area contributed by atoms with Gasteiger partial charge in [-0.2, -0.15) is 0 Å². The summed E-state index contributed by atoms with van der Waals surface area (Å²) >= 11 is 0. The average molecular weight is 337 g/mol. The maximum Gasteiger partial charge on any atom is 0.197 e. The molecule has 0 amide bonds. The lowest BCUT2D eigenvalue weighted by atomic mass is 10.00. The molecular weight excluding hydrogens is 321 g/mol. The van der Waals surface area contributed by atoms with Gasteiger partial charge < -0.3 is 17.2 Å². The van der Waals surface area contributed by atoms with Gasteiger partial charge in [-0.15, -0.1) is 37.2 Å². The van der Waals surface area contributed by atoms with Crippen molar-refractivity contribution in [3.63, 3.8) is 0 Å². The second-order valence-corrected chi connectivity index (χ2v) is 3.72. The molecule has 2 aromatic rings. The predicted octanol–water partition coefficient (Wildman–Crippen LogP) is 2.93. The molecule has 2 aromatic carbocycles. The SMILES string of the molecule is Cl.Cl.Cl.Nc1ccccc1C(=O)c1cccc(N)c1N. The number of nitrogens with two attached hydrogens (primary N) is 3. The Morgan fingerprint density at radius 3 is 1.80 bits per heavy atom. The molecule has 4 nitrogen and oxygen atoms in total. The van der Waals surface area contributed by atoms with E-state index in [-0.39, 0.29) is 43.0 Å². The zero-order chi connectivity index (χ0) is 12.4. The van der Waals surface area contributed by atoms with Gasteiger partial charge >= 0.3 is 0 Å². The zero-order valence-electron chi connectivity index (χ0n) is 10.4. The number of rotatable bonds is 2. The number of para-hydroxylation sites is 2. The Morgan fingerprint density at radius 2 is 1.20 bits per heavy atom. The first-order valence-corrected chi connectivity index (χ1v) is 5.14. The van der Waals surface area contributed by atoms with Crippen LogP contribution in [0.1, 0.15) is 15.9 Å². The normalized spacial score (nSPS) is 8.60. The van der Waals surface area contributed by atoms with Gasteiger partial charge in [-0.3, -0.25) is 4.79 Å². The van der Waals surface area contributed by atoms with Crippen molar-refractivity contribution in [1.82, 2.24) is 0 Å². The van der Waals surface area contributed by atoms with Gasteiger partial charge in [0.1, 0.15) is 0 Å². The number of ketones is 1. The highest BCUT2D eigenvalue weighted by Crippen LogP contribution is 2.24. The summed E-state index contributed by atoms with van der Waals surface area (Å²) in [5.74, 6) is -0.215. The molecule has 0 aliphatic rings. The van der Waals surface area contributed by atoms with E-state index in [4.69, 9.17) is 17.2 Å². The summed E-state index contributed by atoms with van der Waals surface area (Å²) in [6.07, 6.45) is 0. The van der Waals surface area contributed by atoms with E-state index in [1.54, 1.807) is 42.5 Å². The van der Waals surface area contributed by atoms with Crippen molar-refractivity contribution in [3.05, 3.63) is 53.6 Å². The van der Waals surface area contributed by atoms with Crippen LogP contribution in [-0.2, 0) is 0 Å². The monoisotopic (exact) mass is 335 g/mol. The largest absolute Gasteiger partial charge is 0.398 e. The smallest absolute Gasteiger partial charge is 0.197 e. The van der Waals surface area contributed by atoms with Crippen molar-refractivity contribution in [2.45, 2.75) is 0 Å². The fraction of sp³-hybridized carbons (Fsp3) is 0. The first kappa shape index (κ1) is 20.7. The molecule has 0 bridgehead atoms. The minimum absolute atomic E-state index is 0. The standard InChI is InChI=1S/C13H13N3O.3ClH/c14-10-6-2-1-4-8(10)13(17)9-5-3-7-11(15)12(9)16;;;/h1-7H,14-16H2;3*1H. The van der Waals surface area contributed by atoms with E-state index in [0.717, 1.165) is 0 Å². The highest BCUT2D eigenvalue weighted by molar-refractivity contribution is 6.15. The van der Waals surface area contributed by atoms with Crippen molar-refractivity contribution < 1.29 is 4.79 Å². The Kier molecular flexibility index (Phi) is 8.83. The van der Waals surface area contributed by atoms with Crippen LogP contribution in [-0.4, -0.2) is 5.78 Å². The third kappa shape index (κ3) is 3.93. The number of anilines is 3. The Morgan fingerprint density at radius 1 is 0.700 bits per heavy atom. The van der Waals surface area contributed by atoms with Crippen molar-refractivity contribution in [1.29, 1.82) is 0 Å². The topological polar surface area (TPSA) is 95.1 Å². The van der Waals surface area contributed by atoms with Crippen molar-refractivity contribution in [2.75, 3.05) is 17.2 Å². The maximum absolute atomic E-state index is 12.2. The minimum atomic E-state index is -0.215. The predicted molar refractivity (Wildman–Crippen MR) is 91.3 cm³/mol. The highest BCUT2D eigenvalue weighted by atomic mass is 35.5. The number of carbonyl (C=O) groups excluding carboxylic acids is 1. The van der Waals surface area contributed by atoms with Gasteiger partial charge in [-0.25, -0.2) is 0 Å². The summed E-state index contributed by atoms with van der Waals surface area (Å²) in [6.45, 7) is 0. The van der Waals surface area contributed by atoms with Crippen LogP contribution >= 0.6 is 37.2 Å². The molecule has 0 spiro atoms. The molecule has 2 rings (SSSR count). The second-order valence-electron chi connectivity index (χ2n) is 3.72. The lowest BCUT2D eigenvalue weighted by molar-refractivity contribution is 0.104. The maximum atomic E-state index is 12.2. The van der Waals surface area contributed by atoms with Gasteiger partial charge in [-0.05, 0) is 24.3 Å². The van der Waals surface area contributed by atoms with Gasteiger partial charge in [-0.1, -0.05) is 18.2 Å². The van der Waals surface area contributed by atoms with Gasteiger partial charge in [0.05, 0.1) is 11.4 Å². The number of nitrogen functional groups attached to an aromatic ring is 3. The summed E-state index contributed by atoms with van der Waals surface area (Å²) in [5, 5.41) is 0. The quantitative estimate of drug-likeness (QED) is 0.580. The molecule has 0 aromatic heterocycles. The molecule has 0 aliphatic heterocycles. The summed E-state index contributed by atoms with van der Waals surface area (Å²) < 4.78 is 0. The van der Waals surface area contributed by atoms with Crippen LogP contribution in [0, 0.1) is 0 Å². The second kappa shape index (κ2) is 8.53. The van der Waals surface area contributed by atoms with E-state index < -0.39 is 0 Å². The van der Waals surface area contributed by atoms with Crippen LogP contribution < -0.4 is 17.2 Å². The first-order chi connectivity index (χ1) is 8.11. The van der Waals surface area contributed by atoms with Crippen molar-refractivity contribution >= 4 is 60.1 Å². The molecule has 7 heteroatoms. The van der Waals surface area contributed by atoms with Crippen molar-refractivity contribution in [2.24, 2.45) is 0 Å². The van der Waals surface area contributed by atoms with Crippen LogP contribution in [0.3, 0.4) is 0 Å². The number of carbonyl (C=O) groups is 1. The molecule has 0 atom stereocenters. The Balaban J connectivity index is 0. The lowest BCUT2D eigenvalue weighted by Gasteiger charge is -2.08. The van der Waals surface area contributed by atoms with E-state index in [1.165, 1.54) is 0 Å². The molecule has 110 valence electrons. The molecule has 0 aliphatic carbocycles. The summed E-state index contributed by atoms with van der Waals surface area (Å²) in [6, 6.07) is 11.9. The fourth-order valence-electron chi connectivity index (χ4n) is 1.63. The summed E-state index contributed by atoms with van der Waals surface area (Å²) in [5.41, 5.74) is 19.1. The Hall–Kier alpha value is -1.62. The van der Waals surface area contributed by atoms with E-state index >= 15 is 0 Å². The molecule has 0 heterocycles. The molecule has 0 fully saturated rings. The van der Waals surface area contributed by atoms with Crippen LogP contribution in [0.2, 0.25) is 0 Å². The minimum Gasteiger partial charge on any atom is -0.398 e. The van der Waals surface area contributed by atoms with Crippen LogP contribution in [0.5, 0.6) is 0 Å². The molecule has 0 radical (unpaired) electrons. The van der Waals surface area contributed by atoms with Crippen LogP contribution in [0.15, 0.2) is 42.5 Å². The zero-order valence-corrected chi connectivity index (χ0v) is 12.9. The van der Waals surface area contributed by atoms with E-state index in [9.17, 15) is 4.79 Å².